The average Bonchev–Trinajstić information content (AvgIpc) is 3.20. The lowest BCUT2D eigenvalue weighted by atomic mass is 9.95. The highest BCUT2D eigenvalue weighted by atomic mass is 16.5. The smallest absolute Gasteiger partial charge is 0.133 e. The second-order valence-corrected chi connectivity index (χ2v) is 6.12. The summed E-state index contributed by atoms with van der Waals surface area (Å²) in [5, 5.41) is 12.9. The molecule has 0 aromatic carbocycles. The Morgan fingerprint density at radius 1 is 1.26 bits per heavy atom. The van der Waals surface area contributed by atoms with Gasteiger partial charge in [-0.2, -0.15) is 5.26 Å². The Bertz CT molecular complexity index is 281. The Labute approximate surface area is 118 Å². The quantitative estimate of drug-likeness (QED) is 0.581. The van der Waals surface area contributed by atoms with E-state index < -0.39 is 5.54 Å². The number of hydrogen-bond donors (Lipinski definition) is 1. The second kappa shape index (κ2) is 8.55. The van der Waals surface area contributed by atoms with E-state index in [4.69, 9.17) is 4.74 Å². The van der Waals surface area contributed by atoms with E-state index in [9.17, 15) is 5.26 Å². The maximum atomic E-state index is 9.52. The molecular formula is C16H30N2O. The van der Waals surface area contributed by atoms with Crippen molar-refractivity contribution in [2.45, 2.75) is 77.3 Å². The molecule has 1 rings (SSSR count). The third kappa shape index (κ3) is 5.93. The SMILES string of the molecule is CCCCCCCOCC(C#N)(NC(C)C)C1CC1. The lowest BCUT2D eigenvalue weighted by molar-refractivity contribution is 0.0745. The van der Waals surface area contributed by atoms with Crippen LogP contribution in [0.15, 0.2) is 0 Å². The first-order valence-corrected chi connectivity index (χ1v) is 7.91. The molecule has 1 saturated carbocycles. The zero-order chi connectivity index (χ0) is 14.1. The Kier molecular flexibility index (Phi) is 7.41. The standard InChI is InChI=1S/C16H30N2O/c1-4-5-6-7-8-11-19-13-16(12-17,15-9-10-15)18-14(2)3/h14-15,18H,4-11,13H2,1-3H3. The summed E-state index contributed by atoms with van der Waals surface area (Å²) in [5.41, 5.74) is -0.447. The van der Waals surface area contributed by atoms with Gasteiger partial charge in [-0.15, -0.1) is 0 Å². The molecule has 3 heteroatoms. The zero-order valence-electron chi connectivity index (χ0n) is 12.9. The van der Waals surface area contributed by atoms with Gasteiger partial charge in [-0.05, 0) is 39.0 Å². The summed E-state index contributed by atoms with van der Waals surface area (Å²) >= 11 is 0. The molecule has 3 nitrogen and oxygen atoms in total. The minimum atomic E-state index is -0.447. The summed E-state index contributed by atoms with van der Waals surface area (Å²) in [7, 11) is 0. The minimum Gasteiger partial charge on any atom is -0.378 e. The molecule has 0 aliphatic heterocycles. The second-order valence-electron chi connectivity index (χ2n) is 6.12. The summed E-state index contributed by atoms with van der Waals surface area (Å²) in [5.74, 6) is 0.486. The number of nitrogens with one attached hydrogen (secondary N) is 1. The fourth-order valence-corrected chi connectivity index (χ4v) is 2.57. The van der Waals surface area contributed by atoms with Crippen LogP contribution < -0.4 is 5.32 Å². The van der Waals surface area contributed by atoms with Crippen LogP contribution in [0.2, 0.25) is 0 Å². The van der Waals surface area contributed by atoms with E-state index in [2.05, 4.69) is 32.2 Å². The maximum absolute atomic E-state index is 9.52. The number of hydrogen-bond acceptors (Lipinski definition) is 3. The van der Waals surface area contributed by atoms with Crippen molar-refractivity contribution >= 4 is 0 Å². The van der Waals surface area contributed by atoms with Crippen LogP contribution >= 0.6 is 0 Å². The monoisotopic (exact) mass is 266 g/mol. The van der Waals surface area contributed by atoms with Gasteiger partial charge in [0.2, 0.25) is 0 Å². The molecule has 1 N–H and O–H groups in total. The highest BCUT2D eigenvalue weighted by Gasteiger charge is 2.46. The average molecular weight is 266 g/mol. The van der Waals surface area contributed by atoms with E-state index in [0.717, 1.165) is 25.9 Å². The van der Waals surface area contributed by atoms with Crippen LogP contribution in [0.25, 0.3) is 0 Å². The van der Waals surface area contributed by atoms with E-state index >= 15 is 0 Å². The van der Waals surface area contributed by atoms with Crippen molar-refractivity contribution in [2.75, 3.05) is 13.2 Å². The van der Waals surface area contributed by atoms with E-state index in [0.29, 0.717) is 18.6 Å². The van der Waals surface area contributed by atoms with Gasteiger partial charge in [-0.25, -0.2) is 0 Å². The Morgan fingerprint density at radius 3 is 2.47 bits per heavy atom. The van der Waals surface area contributed by atoms with Gasteiger partial charge in [-0.1, -0.05) is 32.6 Å². The van der Waals surface area contributed by atoms with Crippen LogP contribution in [0.4, 0.5) is 0 Å². The fraction of sp³-hybridized carbons (Fsp3) is 0.938. The van der Waals surface area contributed by atoms with E-state index in [1.165, 1.54) is 25.7 Å². The third-order valence-corrected chi connectivity index (χ3v) is 3.74. The molecular weight excluding hydrogens is 236 g/mol. The van der Waals surface area contributed by atoms with E-state index in [-0.39, 0.29) is 0 Å². The van der Waals surface area contributed by atoms with Crippen molar-refractivity contribution in [2.24, 2.45) is 5.92 Å². The van der Waals surface area contributed by atoms with E-state index in [1.54, 1.807) is 0 Å². The van der Waals surface area contributed by atoms with Crippen LogP contribution in [-0.2, 0) is 4.74 Å². The van der Waals surface area contributed by atoms with Crippen LogP contribution in [-0.4, -0.2) is 24.8 Å². The molecule has 0 amide bonds. The normalized spacial score (nSPS) is 18.3. The highest BCUT2D eigenvalue weighted by Crippen LogP contribution is 2.40. The van der Waals surface area contributed by atoms with Crippen molar-refractivity contribution in [1.29, 1.82) is 5.26 Å². The summed E-state index contributed by atoms with van der Waals surface area (Å²) in [6, 6.07) is 2.81. The van der Waals surface area contributed by atoms with Crippen molar-refractivity contribution in [3.05, 3.63) is 0 Å². The summed E-state index contributed by atoms with van der Waals surface area (Å²) in [6.45, 7) is 7.75. The predicted molar refractivity (Wildman–Crippen MR) is 78.9 cm³/mol. The largest absolute Gasteiger partial charge is 0.378 e. The third-order valence-electron chi connectivity index (χ3n) is 3.74. The van der Waals surface area contributed by atoms with Crippen LogP contribution in [0.1, 0.15) is 65.7 Å². The lowest BCUT2D eigenvalue weighted by Crippen LogP contribution is -2.53. The summed E-state index contributed by atoms with van der Waals surface area (Å²) in [4.78, 5) is 0. The van der Waals surface area contributed by atoms with Gasteiger partial charge < -0.3 is 4.74 Å². The molecule has 1 fully saturated rings. The van der Waals surface area contributed by atoms with Crippen molar-refractivity contribution < 1.29 is 4.74 Å². The van der Waals surface area contributed by atoms with Crippen LogP contribution in [0.3, 0.4) is 0 Å². The Hall–Kier alpha value is -0.590. The van der Waals surface area contributed by atoms with Gasteiger partial charge in [0, 0.05) is 12.6 Å². The van der Waals surface area contributed by atoms with Gasteiger partial charge in [0.05, 0.1) is 12.7 Å². The van der Waals surface area contributed by atoms with Crippen molar-refractivity contribution in [3.8, 4) is 6.07 Å². The minimum absolute atomic E-state index is 0.327. The van der Waals surface area contributed by atoms with Gasteiger partial charge in [0.25, 0.3) is 0 Å². The molecule has 0 aromatic heterocycles. The summed E-state index contributed by atoms with van der Waals surface area (Å²) in [6.07, 6.45) is 8.58. The molecule has 0 aromatic rings. The van der Waals surface area contributed by atoms with Gasteiger partial charge >= 0.3 is 0 Å². The molecule has 19 heavy (non-hydrogen) atoms. The van der Waals surface area contributed by atoms with Crippen molar-refractivity contribution in [3.63, 3.8) is 0 Å². The van der Waals surface area contributed by atoms with Crippen LogP contribution in [0.5, 0.6) is 0 Å². The van der Waals surface area contributed by atoms with Gasteiger partial charge in [0.1, 0.15) is 5.54 Å². The van der Waals surface area contributed by atoms with Crippen LogP contribution in [0, 0.1) is 17.2 Å². The molecule has 1 aliphatic carbocycles. The molecule has 0 radical (unpaired) electrons. The molecule has 1 unspecified atom stereocenters. The van der Waals surface area contributed by atoms with Gasteiger partial charge in [0.15, 0.2) is 0 Å². The first-order chi connectivity index (χ1) is 9.14. The molecule has 1 atom stereocenters. The topological polar surface area (TPSA) is 45.0 Å². The highest BCUT2D eigenvalue weighted by molar-refractivity contribution is 5.15. The predicted octanol–water partition coefficient (Wildman–Crippen LogP) is 3.64. The Balaban J connectivity index is 2.24. The maximum Gasteiger partial charge on any atom is 0.133 e. The number of nitriles is 1. The number of nitrogens with zero attached hydrogens (tertiary/aromatic N) is 1. The number of unbranched alkanes of at least 4 members (excludes halogenated alkanes) is 4. The molecule has 0 bridgehead atoms. The number of rotatable bonds is 11. The fourth-order valence-electron chi connectivity index (χ4n) is 2.57. The Morgan fingerprint density at radius 2 is 1.95 bits per heavy atom. The molecule has 1 aliphatic rings. The first-order valence-electron chi connectivity index (χ1n) is 7.91. The molecule has 0 heterocycles. The molecule has 0 saturated heterocycles. The number of ether oxygens (including phenoxy) is 1. The molecule has 110 valence electrons. The summed E-state index contributed by atoms with van der Waals surface area (Å²) < 4.78 is 5.79. The zero-order valence-corrected chi connectivity index (χ0v) is 12.9. The van der Waals surface area contributed by atoms with Gasteiger partial charge in [-0.3, -0.25) is 5.32 Å². The lowest BCUT2D eigenvalue weighted by Gasteiger charge is -2.30. The van der Waals surface area contributed by atoms with Crippen molar-refractivity contribution in [1.82, 2.24) is 5.32 Å². The first kappa shape index (κ1) is 16.5. The van der Waals surface area contributed by atoms with E-state index in [1.807, 2.05) is 0 Å². The molecule has 0 spiro atoms.